The van der Waals surface area contributed by atoms with Gasteiger partial charge in [-0.2, -0.15) is 0 Å². The third-order valence-electron chi connectivity index (χ3n) is 2.35. The van der Waals surface area contributed by atoms with Crippen LogP contribution in [-0.2, 0) is 0 Å². The van der Waals surface area contributed by atoms with E-state index in [0.717, 1.165) is 6.42 Å². The molecule has 0 amide bonds. The van der Waals surface area contributed by atoms with Gasteiger partial charge in [0.2, 0.25) is 0 Å². The minimum absolute atomic E-state index is 1.15. The Balaban J connectivity index is 2.99. The maximum absolute atomic E-state index is 3.75. The van der Waals surface area contributed by atoms with E-state index in [1.807, 2.05) is 13.0 Å². The standard InChI is InChI=1S/C14H18/c1-4-8-13(9-5-2)14-11-7-6-10-12(14)3/h4-5,8-11H,1,6-7H2,2-3H3/b9-5-,13-8+. The molecule has 0 spiro atoms. The zero-order chi connectivity index (χ0) is 10.4. The van der Waals surface area contributed by atoms with Crippen LogP contribution in [0, 0.1) is 0 Å². The van der Waals surface area contributed by atoms with Crippen molar-refractivity contribution in [3.63, 3.8) is 0 Å². The maximum atomic E-state index is 3.75. The van der Waals surface area contributed by atoms with Crippen molar-refractivity contribution in [3.05, 3.63) is 59.8 Å². The highest BCUT2D eigenvalue weighted by molar-refractivity contribution is 5.53. The van der Waals surface area contributed by atoms with Crippen molar-refractivity contribution in [2.45, 2.75) is 26.7 Å². The fourth-order valence-electron chi connectivity index (χ4n) is 1.69. The molecule has 0 atom stereocenters. The second kappa shape index (κ2) is 5.43. The van der Waals surface area contributed by atoms with Crippen molar-refractivity contribution in [2.24, 2.45) is 0 Å². The number of hydrogen-bond acceptors (Lipinski definition) is 0. The second-order valence-electron chi connectivity index (χ2n) is 3.44. The Morgan fingerprint density at radius 3 is 2.64 bits per heavy atom. The summed E-state index contributed by atoms with van der Waals surface area (Å²) in [6, 6.07) is 0. The Morgan fingerprint density at radius 2 is 2.07 bits per heavy atom. The van der Waals surface area contributed by atoms with Crippen molar-refractivity contribution in [1.82, 2.24) is 0 Å². The van der Waals surface area contributed by atoms with Gasteiger partial charge >= 0.3 is 0 Å². The summed E-state index contributed by atoms with van der Waals surface area (Å²) in [5.41, 5.74) is 3.99. The summed E-state index contributed by atoms with van der Waals surface area (Å²) < 4.78 is 0. The molecule has 1 aliphatic carbocycles. The largest absolute Gasteiger partial charge is 0.0990 e. The number of hydrogen-bond donors (Lipinski definition) is 0. The van der Waals surface area contributed by atoms with Crippen LogP contribution in [0.5, 0.6) is 0 Å². The van der Waals surface area contributed by atoms with Crippen LogP contribution in [0.1, 0.15) is 26.7 Å². The fourth-order valence-corrected chi connectivity index (χ4v) is 1.69. The predicted molar refractivity (Wildman–Crippen MR) is 64.2 cm³/mol. The average molecular weight is 186 g/mol. The Labute approximate surface area is 87.0 Å². The van der Waals surface area contributed by atoms with E-state index >= 15 is 0 Å². The molecule has 0 saturated carbocycles. The minimum Gasteiger partial charge on any atom is -0.0990 e. The zero-order valence-electron chi connectivity index (χ0n) is 9.09. The van der Waals surface area contributed by atoms with E-state index in [1.54, 1.807) is 0 Å². The topological polar surface area (TPSA) is 0 Å². The normalized spacial score (nSPS) is 18.0. The molecular weight excluding hydrogens is 168 g/mol. The van der Waals surface area contributed by atoms with Crippen molar-refractivity contribution in [3.8, 4) is 0 Å². The highest BCUT2D eigenvalue weighted by atomic mass is 14.1. The molecule has 0 heteroatoms. The molecule has 0 aromatic heterocycles. The van der Waals surface area contributed by atoms with Crippen molar-refractivity contribution in [1.29, 1.82) is 0 Å². The van der Waals surface area contributed by atoms with E-state index in [2.05, 4.69) is 43.9 Å². The molecule has 0 heterocycles. The molecule has 0 unspecified atom stereocenters. The van der Waals surface area contributed by atoms with Crippen LogP contribution in [-0.4, -0.2) is 0 Å². The summed E-state index contributed by atoms with van der Waals surface area (Å²) in [6.45, 7) is 7.96. The van der Waals surface area contributed by atoms with Crippen molar-refractivity contribution < 1.29 is 0 Å². The van der Waals surface area contributed by atoms with Crippen LogP contribution in [0.2, 0.25) is 0 Å². The number of allylic oxidation sites excluding steroid dienone is 9. The molecule has 1 aliphatic rings. The van der Waals surface area contributed by atoms with Gasteiger partial charge in [0.05, 0.1) is 0 Å². The van der Waals surface area contributed by atoms with Gasteiger partial charge in [-0.05, 0) is 43.4 Å². The molecule has 0 nitrogen and oxygen atoms in total. The summed E-state index contributed by atoms with van der Waals surface area (Å²) >= 11 is 0. The van der Waals surface area contributed by atoms with E-state index in [-0.39, 0.29) is 0 Å². The molecule has 0 saturated heterocycles. The number of rotatable bonds is 3. The molecule has 74 valence electrons. The van der Waals surface area contributed by atoms with Gasteiger partial charge in [-0.15, -0.1) is 0 Å². The molecule has 0 aromatic rings. The molecule has 0 bridgehead atoms. The van der Waals surface area contributed by atoms with Crippen LogP contribution in [0.4, 0.5) is 0 Å². The van der Waals surface area contributed by atoms with E-state index < -0.39 is 0 Å². The Hall–Kier alpha value is -1.30. The smallest absolute Gasteiger partial charge is 0.0188 e. The molecule has 0 aromatic carbocycles. The minimum atomic E-state index is 1.15. The van der Waals surface area contributed by atoms with Crippen molar-refractivity contribution >= 4 is 0 Å². The van der Waals surface area contributed by atoms with E-state index in [9.17, 15) is 0 Å². The lowest BCUT2D eigenvalue weighted by molar-refractivity contribution is 0.996. The van der Waals surface area contributed by atoms with Gasteiger partial charge in [0.1, 0.15) is 0 Å². The van der Waals surface area contributed by atoms with Crippen LogP contribution < -0.4 is 0 Å². The quantitative estimate of drug-likeness (QED) is 0.575. The summed E-state index contributed by atoms with van der Waals surface area (Å²) in [5, 5.41) is 0. The predicted octanol–water partition coefficient (Wildman–Crippen LogP) is 4.34. The van der Waals surface area contributed by atoms with Crippen LogP contribution in [0.3, 0.4) is 0 Å². The van der Waals surface area contributed by atoms with E-state index in [1.165, 1.54) is 23.1 Å². The Kier molecular flexibility index (Phi) is 4.18. The first kappa shape index (κ1) is 10.8. The first-order valence-corrected chi connectivity index (χ1v) is 5.12. The van der Waals surface area contributed by atoms with Gasteiger partial charge < -0.3 is 0 Å². The van der Waals surface area contributed by atoms with Gasteiger partial charge in [-0.1, -0.05) is 43.0 Å². The lowest BCUT2D eigenvalue weighted by Gasteiger charge is -2.13. The Bertz CT molecular complexity index is 322. The monoisotopic (exact) mass is 186 g/mol. The second-order valence-corrected chi connectivity index (χ2v) is 3.44. The van der Waals surface area contributed by atoms with E-state index in [4.69, 9.17) is 0 Å². The summed E-state index contributed by atoms with van der Waals surface area (Å²) in [5.74, 6) is 0. The SMILES string of the molecule is C=C/C=C(\C=C/C)C1=CCCC=C1C. The van der Waals surface area contributed by atoms with Crippen LogP contribution >= 0.6 is 0 Å². The lowest BCUT2D eigenvalue weighted by atomic mass is 9.92. The fraction of sp³-hybridized carbons (Fsp3) is 0.286. The molecule has 0 radical (unpaired) electrons. The van der Waals surface area contributed by atoms with Gasteiger partial charge in [0.25, 0.3) is 0 Å². The van der Waals surface area contributed by atoms with Gasteiger partial charge in [0, 0.05) is 0 Å². The van der Waals surface area contributed by atoms with Crippen molar-refractivity contribution in [2.75, 3.05) is 0 Å². The van der Waals surface area contributed by atoms with Gasteiger partial charge in [-0.25, -0.2) is 0 Å². The molecule has 0 fully saturated rings. The Morgan fingerprint density at radius 1 is 1.36 bits per heavy atom. The summed E-state index contributed by atoms with van der Waals surface area (Å²) in [7, 11) is 0. The van der Waals surface area contributed by atoms with Crippen LogP contribution in [0.25, 0.3) is 0 Å². The molecule has 0 aliphatic heterocycles. The first-order valence-electron chi connectivity index (χ1n) is 5.12. The molecular formula is C14H18. The highest BCUT2D eigenvalue weighted by Crippen LogP contribution is 2.25. The summed E-state index contributed by atoms with van der Waals surface area (Å²) in [6.07, 6.45) is 15.0. The first-order chi connectivity index (χ1) is 6.79. The van der Waals surface area contributed by atoms with Gasteiger partial charge in [0.15, 0.2) is 0 Å². The van der Waals surface area contributed by atoms with Gasteiger partial charge in [-0.3, -0.25) is 0 Å². The van der Waals surface area contributed by atoms with E-state index in [0.29, 0.717) is 0 Å². The summed E-state index contributed by atoms with van der Waals surface area (Å²) in [4.78, 5) is 0. The highest BCUT2D eigenvalue weighted by Gasteiger charge is 2.06. The molecule has 0 N–H and O–H groups in total. The third-order valence-corrected chi connectivity index (χ3v) is 2.35. The zero-order valence-corrected chi connectivity index (χ0v) is 9.09. The lowest BCUT2D eigenvalue weighted by Crippen LogP contribution is -1.94. The average Bonchev–Trinajstić information content (AvgIpc) is 2.18. The van der Waals surface area contributed by atoms with Crippen LogP contribution in [0.15, 0.2) is 59.8 Å². The molecule has 14 heavy (non-hydrogen) atoms. The third kappa shape index (κ3) is 2.59. The molecule has 1 rings (SSSR count). The maximum Gasteiger partial charge on any atom is -0.0188 e.